The number of carboxylic acid groups (broad SMARTS) is 1. The molecule has 15 heteroatoms. The first-order chi connectivity index (χ1) is 18.6. The minimum Gasteiger partial charge on any atom is -0.477 e. The highest BCUT2D eigenvalue weighted by molar-refractivity contribution is 7.91. The molecule has 1 aromatic carbocycles. The molecule has 2 aromatic heterocycles. The third-order valence-corrected chi connectivity index (χ3v) is 9.72. The van der Waals surface area contributed by atoms with Gasteiger partial charge in [0.2, 0.25) is 5.91 Å². The van der Waals surface area contributed by atoms with Gasteiger partial charge < -0.3 is 15.1 Å². The number of thiazole rings is 1. The Morgan fingerprint density at radius 2 is 1.90 bits per heavy atom. The van der Waals surface area contributed by atoms with Crippen molar-refractivity contribution in [2.75, 3.05) is 6.26 Å². The second-order valence-corrected chi connectivity index (χ2v) is 13.3. The van der Waals surface area contributed by atoms with Crippen LogP contribution in [0.2, 0.25) is 0 Å². The number of aliphatic hydroxyl groups excluding tert-OH is 1. The van der Waals surface area contributed by atoms with Gasteiger partial charge in [-0.15, -0.1) is 11.3 Å². The number of carbonyl (C=O) groups excluding carboxylic acids is 2. The van der Waals surface area contributed by atoms with E-state index in [0.717, 1.165) is 22.5 Å². The first kappa shape index (κ1) is 27.6. The van der Waals surface area contributed by atoms with Gasteiger partial charge in [-0.05, 0) is 18.9 Å². The number of hydrogen-bond donors (Lipinski definition) is 2. The van der Waals surface area contributed by atoms with E-state index >= 15 is 0 Å². The number of benzene rings is 1. The van der Waals surface area contributed by atoms with E-state index in [0.29, 0.717) is 10.4 Å². The van der Waals surface area contributed by atoms with Gasteiger partial charge in [0.25, 0.3) is 5.69 Å². The van der Waals surface area contributed by atoms with E-state index in [1.54, 1.807) is 19.1 Å². The number of amides is 1. The van der Waals surface area contributed by atoms with Crippen molar-refractivity contribution in [1.29, 1.82) is 0 Å². The number of ketones is 1. The Morgan fingerprint density at radius 3 is 2.40 bits per heavy atom. The first-order valence-corrected chi connectivity index (χ1v) is 14.7. The molecule has 4 atom stereocenters. The number of rotatable bonds is 8. The molecule has 1 amide bonds. The number of β-lactam (4-membered cyclic amide) rings is 1. The predicted octanol–water partition coefficient (Wildman–Crippen LogP) is 2.18. The van der Waals surface area contributed by atoms with Crippen molar-refractivity contribution in [3.05, 3.63) is 62.5 Å². The van der Waals surface area contributed by atoms with E-state index in [-0.39, 0.29) is 39.1 Å². The number of fused-ring (bicyclic) bond motifs is 2. The molecule has 3 aromatic rings. The number of nitrogens with zero attached hydrogens (tertiary/aromatic N) is 4. The zero-order valence-electron chi connectivity index (χ0n) is 21.7. The van der Waals surface area contributed by atoms with Crippen LogP contribution in [0.15, 0.2) is 41.2 Å². The summed E-state index contributed by atoms with van der Waals surface area (Å²) in [4.78, 5) is 54.3. The molecule has 40 heavy (non-hydrogen) atoms. The Hall–Kier alpha value is -3.95. The molecule has 0 bridgehead atoms. The second-order valence-electron chi connectivity index (χ2n) is 10.3. The van der Waals surface area contributed by atoms with Crippen molar-refractivity contribution in [1.82, 2.24) is 14.3 Å². The van der Waals surface area contributed by atoms with Crippen molar-refractivity contribution in [3.8, 4) is 0 Å². The molecule has 0 spiro atoms. The Balaban J connectivity index is 1.77. The van der Waals surface area contributed by atoms with E-state index in [2.05, 4.69) is 4.98 Å². The van der Waals surface area contributed by atoms with E-state index in [9.17, 15) is 43.1 Å². The van der Waals surface area contributed by atoms with Crippen LogP contribution >= 0.6 is 11.3 Å². The van der Waals surface area contributed by atoms with E-state index < -0.39 is 55.9 Å². The van der Waals surface area contributed by atoms with Gasteiger partial charge in [0.05, 0.1) is 27.9 Å². The highest BCUT2D eigenvalue weighted by Gasteiger charge is 2.66. The Bertz CT molecular complexity index is 1770. The minimum atomic E-state index is -3.87. The molecule has 0 unspecified atom stereocenters. The van der Waals surface area contributed by atoms with Gasteiger partial charge >= 0.3 is 5.97 Å². The largest absolute Gasteiger partial charge is 0.477 e. The number of hydrogen-bond acceptors (Lipinski definition) is 10. The van der Waals surface area contributed by atoms with Crippen LogP contribution in [0.3, 0.4) is 0 Å². The minimum absolute atomic E-state index is 0.116. The summed E-state index contributed by atoms with van der Waals surface area (Å²) in [5, 5.41) is 31.6. The highest BCUT2D eigenvalue weighted by atomic mass is 32.2. The SMILES string of the molecule is CC(=O)c1nc(S(C)(=O)=O)c2sc(C3=C(C(=O)O)N4C(=O)[C@H]([C@@H](C)O)[C@@H]4[C@@]3(C)Cc3ccc([N+](=O)[O-])cc3)cn12. The number of carboxylic acids is 1. The summed E-state index contributed by atoms with van der Waals surface area (Å²) >= 11 is 0.927. The molecule has 0 aliphatic carbocycles. The number of carbonyl (C=O) groups is 3. The maximum atomic E-state index is 13.1. The third kappa shape index (κ3) is 3.95. The van der Waals surface area contributed by atoms with Crippen LogP contribution in [0.5, 0.6) is 0 Å². The van der Waals surface area contributed by atoms with Crippen LogP contribution in [0, 0.1) is 21.4 Å². The lowest BCUT2D eigenvalue weighted by molar-refractivity contribution is -0.384. The number of nitro benzene ring substituents is 1. The molecular formula is C25H24N4O9S2. The fraction of sp³-hybridized carbons (Fsp3) is 0.360. The van der Waals surface area contributed by atoms with Crippen LogP contribution in [0.25, 0.3) is 10.4 Å². The molecule has 5 rings (SSSR count). The second kappa shape index (κ2) is 9.04. The average molecular weight is 589 g/mol. The maximum absolute atomic E-state index is 13.1. The molecule has 2 aliphatic rings. The van der Waals surface area contributed by atoms with Gasteiger partial charge in [0.15, 0.2) is 26.5 Å². The molecule has 13 nitrogen and oxygen atoms in total. The molecule has 0 saturated carbocycles. The van der Waals surface area contributed by atoms with Gasteiger partial charge in [-0.25, -0.2) is 18.2 Å². The number of aliphatic carboxylic acids is 1. The fourth-order valence-electron chi connectivity index (χ4n) is 5.87. The zero-order valence-corrected chi connectivity index (χ0v) is 23.3. The van der Waals surface area contributed by atoms with Gasteiger partial charge in [-0.3, -0.25) is 24.1 Å². The van der Waals surface area contributed by atoms with Gasteiger partial charge in [-0.1, -0.05) is 19.1 Å². The summed E-state index contributed by atoms with van der Waals surface area (Å²) < 4.78 is 26.3. The van der Waals surface area contributed by atoms with Crippen molar-refractivity contribution in [2.24, 2.45) is 11.3 Å². The standard InChI is InChI=1S/C25H24N4O9S2/c1-11(30)16-19-25(3,9-13-5-7-14(8-6-13)29(35)36)17(18(24(33)34)28(19)22(16)32)15-10-27-20(12(2)31)26-21(23(27)39-15)40(4,37)38/h5-8,10-11,16,19,30H,9H2,1-4H3,(H,33,34)/t11-,16-,19-,25+/m1/s1. The summed E-state index contributed by atoms with van der Waals surface area (Å²) in [5.41, 5.74) is -0.721. The molecule has 2 aliphatic heterocycles. The molecular weight excluding hydrogens is 564 g/mol. The molecule has 2 N–H and O–H groups in total. The molecule has 4 heterocycles. The molecule has 1 fully saturated rings. The summed E-state index contributed by atoms with van der Waals surface area (Å²) in [6.07, 6.45) is 1.44. The summed E-state index contributed by atoms with van der Waals surface area (Å²) in [7, 11) is -3.87. The van der Waals surface area contributed by atoms with E-state index in [4.69, 9.17) is 0 Å². The Labute approximate surface area is 231 Å². The number of nitro groups is 1. The Morgan fingerprint density at radius 1 is 1.27 bits per heavy atom. The lowest BCUT2D eigenvalue weighted by Gasteiger charge is -2.51. The lowest BCUT2D eigenvalue weighted by atomic mass is 9.64. The van der Waals surface area contributed by atoms with E-state index in [1.807, 2.05) is 0 Å². The number of sulfone groups is 1. The monoisotopic (exact) mass is 588 g/mol. The normalized spacial score (nSPS) is 23.3. The van der Waals surface area contributed by atoms with Crippen molar-refractivity contribution in [3.63, 3.8) is 0 Å². The van der Waals surface area contributed by atoms with Crippen molar-refractivity contribution >= 4 is 54.9 Å². The highest BCUT2D eigenvalue weighted by Crippen LogP contribution is 2.59. The van der Waals surface area contributed by atoms with Crippen LogP contribution in [0.4, 0.5) is 5.69 Å². The first-order valence-electron chi connectivity index (χ1n) is 12.0. The van der Waals surface area contributed by atoms with Gasteiger partial charge in [-0.2, -0.15) is 0 Å². The summed E-state index contributed by atoms with van der Waals surface area (Å²) in [5.74, 6) is -3.52. The average Bonchev–Trinajstić information content (AvgIpc) is 3.46. The number of non-ortho nitro benzene ring substituents is 1. The lowest BCUT2D eigenvalue weighted by Crippen LogP contribution is -2.66. The fourth-order valence-corrected chi connectivity index (χ4v) is 8.29. The topological polar surface area (TPSA) is 189 Å². The Kier molecular flexibility index (Phi) is 6.24. The van der Waals surface area contributed by atoms with Crippen molar-refractivity contribution < 1.29 is 37.9 Å². The van der Waals surface area contributed by atoms with Crippen LogP contribution in [-0.2, 0) is 25.8 Å². The quantitative estimate of drug-likeness (QED) is 0.171. The van der Waals surface area contributed by atoms with E-state index in [1.165, 1.54) is 36.6 Å². The van der Waals surface area contributed by atoms with Crippen LogP contribution in [0.1, 0.15) is 41.8 Å². The third-order valence-electron chi connectivity index (χ3n) is 7.49. The number of aromatic nitrogens is 2. The van der Waals surface area contributed by atoms with Gasteiger partial charge in [0.1, 0.15) is 10.5 Å². The van der Waals surface area contributed by atoms with Crippen molar-refractivity contribution in [2.45, 2.75) is 44.4 Å². The van der Waals surface area contributed by atoms with Crippen LogP contribution < -0.4 is 0 Å². The van der Waals surface area contributed by atoms with Gasteiger partial charge in [0, 0.05) is 42.5 Å². The molecule has 1 saturated heterocycles. The molecule has 0 radical (unpaired) electrons. The summed E-state index contributed by atoms with van der Waals surface area (Å²) in [6, 6.07) is 4.97. The maximum Gasteiger partial charge on any atom is 0.352 e. The number of Topliss-reactive ketones (excluding diaryl/α,β-unsaturated/α-hetero) is 1. The summed E-state index contributed by atoms with van der Waals surface area (Å²) in [6.45, 7) is 4.42. The molecule has 210 valence electrons. The predicted molar refractivity (Wildman–Crippen MR) is 141 cm³/mol. The van der Waals surface area contributed by atoms with Crippen LogP contribution in [-0.4, -0.2) is 73.9 Å². The number of imidazole rings is 1. The zero-order chi connectivity index (χ0) is 29.5. The number of aliphatic hydroxyl groups is 1. The smallest absolute Gasteiger partial charge is 0.352 e.